The van der Waals surface area contributed by atoms with Gasteiger partial charge in [-0.1, -0.05) is 103 Å². The molecular formula is C44H45BrN2O7Si. The monoisotopic (exact) mass is 820 g/mol. The zero-order chi connectivity index (χ0) is 38.9. The lowest BCUT2D eigenvalue weighted by atomic mass is 9.69. The Morgan fingerprint density at radius 1 is 0.964 bits per heavy atom. The molecule has 9 nitrogen and oxygen atoms in total. The smallest absolute Gasteiger partial charge is 0.423 e. The average Bonchev–Trinajstić information content (AvgIpc) is 3.72. The number of nitrogens with zero attached hydrogens (tertiary/aromatic N) is 2. The van der Waals surface area contributed by atoms with Crippen molar-refractivity contribution >= 4 is 64.2 Å². The van der Waals surface area contributed by atoms with Gasteiger partial charge in [0.25, 0.3) is 8.32 Å². The van der Waals surface area contributed by atoms with Crippen LogP contribution in [-0.4, -0.2) is 67.6 Å². The van der Waals surface area contributed by atoms with Gasteiger partial charge in [-0.15, -0.1) is 0 Å². The Morgan fingerprint density at radius 2 is 1.64 bits per heavy atom. The molecule has 2 saturated heterocycles. The second-order valence-corrected chi connectivity index (χ2v) is 20.6. The van der Waals surface area contributed by atoms with Gasteiger partial charge in [-0.2, -0.15) is 4.90 Å². The van der Waals surface area contributed by atoms with E-state index in [1.54, 1.807) is 18.3 Å². The number of hydrogen-bond acceptors (Lipinski definition) is 8. The van der Waals surface area contributed by atoms with Crippen molar-refractivity contribution in [1.82, 2.24) is 9.88 Å². The molecule has 1 aliphatic carbocycles. The summed E-state index contributed by atoms with van der Waals surface area (Å²) in [6.45, 7) is 7.13. The van der Waals surface area contributed by atoms with Gasteiger partial charge >= 0.3 is 6.09 Å². The summed E-state index contributed by atoms with van der Waals surface area (Å²) in [5.41, 5.74) is 4.23. The van der Waals surface area contributed by atoms with Gasteiger partial charge in [0.2, 0.25) is 11.8 Å². The van der Waals surface area contributed by atoms with E-state index in [2.05, 4.69) is 66.0 Å². The Balaban J connectivity index is 1.30. The molecule has 11 heteroatoms. The summed E-state index contributed by atoms with van der Waals surface area (Å²) < 4.78 is 19.7. The van der Waals surface area contributed by atoms with Gasteiger partial charge in [0.1, 0.15) is 5.75 Å². The van der Waals surface area contributed by atoms with E-state index in [1.807, 2.05) is 66.7 Å². The van der Waals surface area contributed by atoms with Crippen LogP contribution in [0.4, 0.5) is 4.79 Å². The number of phenolic OH excluding ortho intramolecular Hbond substituents is 1. The van der Waals surface area contributed by atoms with E-state index in [-0.39, 0.29) is 36.5 Å². The predicted octanol–water partition coefficient (Wildman–Crippen LogP) is 7.53. The van der Waals surface area contributed by atoms with E-state index in [9.17, 15) is 19.5 Å². The molecule has 7 rings (SSSR count). The molecule has 3 heterocycles. The largest absolute Gasteiger partial charge is 0.507 e. The normalized spacial score (nSPS) is 21.5. The van der Waals surface area contributed by atoms with Gasteiger partial charge in [0, 0.05) is 22.2 Å². The summed E-state index contributed by atoms with van der Waals surface area (Å²) in [6, 6.07) is 31.8. The van der Waals surface area contributed by atoms with E-state index in [0.717, 1.165) is 37.3 Å². The number of carbonyl (C=O) groups excluding carboxylic acids is 3. The lowest BCUT2D eigenvalue weighted by molar-refractivity contribution is -0.137. The summed E-state index contributed by atoms with van der Waals surface area (Å²) in [6.07, 6.45) is 3.69. The topological polar surface area (TPSA) is 115 Å². The summed E-state index contributed by atoms with van der Waals surface area (Å²) in [7, 11) is -1.82. The number of fused-ring (bicyclic) bond motifs is 3. The van der Waals surface area contributed by atoms with Crippen LogP contribution in [0.1, 0.15) is 51.3 Å². The number of halogens is 1. The van der Waals surface area contributed by atoms with Crippen molar-refractivity contribution < 1.29 is 33.4 Å². The fourth-order valence-electron chi connectivity index (χ4n) is 8.78. The highest BCUT2D eigenvalue weighted by Crippen LogP contribution is 2.51. The van der Waals surface area contributed by atoms with Gasteiger partial charge < -0.3 is 19.0 Å². The van der Waals surface area contributed by atoms with Crippen molar-refractivity contribution in [3.8, 4) is 5.75 Å². The maximum Gasteiger partial charge on any atom is 0.423 e. The van der Waals surface area contributed by atoms with E-state index >= 15 is 0 Å². The molecule has 1 N–H and O–H groups in total. The van der Waals surface area contributed by atoms with Crippen LogP contribution in [0.5, 0.6) is 5.75 Å². The first kappa shape index (κ1) is 38.6. The molecule has 0 unspecified atom stereocenters. The summed E-state index contributed by atoms with van der Waals surface area (Å²) in [4.78, 5) is 45.8. The fraction of sp³-hybridized carbons (Fsp3) is 0.318. The van der Waals surface area contributed by atoms with E-state index in [4.69, 9.17) is 13.9 Å². The molecule has 3 aliphatic rings. The fourth-order valence-corrected chi connectivity index (χ4v) is 13.7. The number of methoxy groups -OCH3 is 1. The number of pyridine rings is 1. The van der Waals surface area contributed by atoms with E-state index < -0.39 is 44.0 Å². The highest BCUT2D eigenvalue weighted by Gasteiger charge is 2.59. The molecule has 55 heavy (non-hydrogen) atoms. The van der Waals surface area contributed by atoms with Crippen molar-refractivity contribution in [2.45, 2.75) is 51.2 Å². The Labute approximate surface area is 331 Å². The van der Waals surface area contributed by atoms with Gasteiger partial charge in [-0.3, -0.25) is 14.6 Å². The van der Waals surface area contributed by atoms with Crippen molar-refractivity contribution in [2.24, 2.45) is 17.8 Å². The molecule has 0 bridgehead atoms. The average molecular weight is 822 g/mol. The zero-order valence-electron chi connectivity index (χ0n) is 31.4. The molecule has 0 radical (unpaired) electrons. The van der Waals surface area contributed by atoms with Crippen LogP contribution in [0.25, 0.3) is 11.6 Å². The number of likely N-dealkylation sites (tertiary alicyclic amines) is 1. The van der Waals surface area contributed by atoms with Crippen LogP contribution < -0.4 is 10.4 Å². The third-order valence-electron chi connectivity index (χ3n) is 11.2. The third-order valence-corrected chi connectivity index (χ3v) is 16.7. The second kappa shape index (κ2) is 15.8. The van der Waals surface area contributed by atoms with Crippen LogP contribution >= 0.6 is 15.9 Å². The van der Waals surface area contributed by atoms with E-state index in [1.165, 1.54) is 7.11 Å². The third kappa shape index (κ3) is 7.26. The van der Waals surface area contributed by atoms with Crippen molar-refractivity contribution in [1.29, 1.82) is 0 Å². The Bertz CT molecular complexity index is 2100. The molecule has 3 amide bonds. The first-order chi connectivity index (χ1) is 26.4. The van der Waals surface area contributed by atoms with Crippen molar-refractivity contribution in [2.75, 3.05) is 20.3 Å². The van der Waals surface area contributed by atoms with Gasteiger partial charge in [-0.25, -0.2) is 4.79 Å². The number of amides is 3. The summed E-state index contributed by atoms with van der Waals surface area (Å²) in [5.74, 6) is -2.82. The molecule has 0 spiro atoms. The number of rotatable bonds is 10. The van der Waals surface area contributed by atoms with Gasteiger partial charge in [-0.05, 0) is 87.8 Å². The molecule has 2 fully saturated rings. The zero-order valence-corrected chi connectivity index (χ0v) is 34.0. The molecule has 3 aromatic carbocycles. The first-order valence-corrected chi connectivity index (χ1v) is 21.3. The maximum atomic E-state index is 13.9. The quantitative estimate of drug-likeness (QED) is 0.0993. The van der Waals surface area contributed by atoms with Crippen LogP contribution in [0.3, 0.4) is 0 Å². The number of ether oxygens (including phenoxy) is 2. The lowest BCUT2D eigenvalue weighted by Gasteiger charge is -2.44. The summed E-state index contributed by atoms with van der Waals surface area (Å²) >= 11 is 3.52. The van der Waals surface area contributed by atoms with Gasteiger partial charge in [0.05, 0.1) is 44.0 Å². The SMILES string of the molecule is COC(=O)N1C(=O)[C@@H]2[C@@H](CC(CO[Si](c3ccccc3)(c3ccccc3)C(C)(C)C)=C3[C@@H](CC/C(=C/c4cc(Br)ccc4O)c4ccccn4)OC[C@@H]32)C1=O. The number of aromatic nitrogens is 1. The van der Waals surface area contributed by atoms with Crippen molar-refractivity contribution in [3.63, 3.8) is 0 Å². The standard InChI is InChI=1S/C44H45BrN2O7Si/c1-44(2,3)55(32-13-7-5-8-14-32,33-15-9-6-10-16-33)54-26-30-25-34-40(42(50)47(41(34)49)43(51)52-4)35-27-53-38(39(30)35)21-18-28(36-17-11-12-22-46-36)23-29-24-31(45)19-20-37(29)48/h5-17,19-20,22-24,34-35,38,40,48H,18,21,25-27H2,1-4H3/b28-23-/t34-,35+,38-,40-/m1/s1. The van der Waals surface area contributed by atoms with Crippen LogP contribution in [-0.2, 0) is 23.5 Å². The minimum atomic E-state index is -2.99. The van der Waals surface area contributed by atoms with Crippen LogP contribution in [0.2, 0.25) is 5.04 Å². The highest BCUT2D eigenvalue weighted by molar-refractivity contribution is 9.10. The number of carbonyl (C=O) groups is 3. The first-order valence-electron chi connectivity index (χ1n) is 18.6. The van der Waals surface area contributed by atoms with Crippen molar-refractivity contribution in [3.05, 3.63) is 130 Å². The van der Waals surface area contributed by atoms with Crippen LogP contribution in [0, 0.1) is 17.8 Å². The number of benzene rings is 3. The number of aromatic hydroxyl groups is 1. The molecule has 4 atom stereocenters. The maximum absolute atomic E-state index is 13.9. The Morgan fingerprint density at radius 3 is 2.25 bits per heavy atom. The lowest BCUT2D eigenvalue weighted by Crippen LogP contribution is -2.66. The number of hydrogen-bond donors (Lipinski definition) is 1. The second-order valence-electron chi connectivity index (χ2n) is 15.4. The molecule has 0 saturated carbocycles. The van der Waals surface area contributed by atoms with Gasteiger partial charge in [0.15, 0.2) is 0 Å². The summed E-state index contributed by atoms with van der Waals surface area (Å²) in [5, 5.41) is 12.7. The number of allylic oxidation sites excluding steroid dienone is 1. The van der Waals surface area contributed by atoms with Crippen LogP contribution in [0.15, 0.2) is 119 Å². The Hall–Kier alpha value is -4.68. The molecule has 2 aliphatic heterocycles. The minimum Gasteiger partial charge on any atom is -0.507 e. The Kier molecular flexibility index (Phi) is 11.1. The highest BCUT2D eigenvalue weighted by atomic mass is 79.9. The molecule has 1 aromatic heterocycles. The molecule has 284 valence electrons. The predicted molar refractivity (Wildman–Crippen MR) is 217 cm³/mol. The number of phenols is 1. The molecule has 4 aromatic rings. The van der Waals surface area contributed by atoms with E-state index in [0.29, 0.717) is 23.3 Å². The molecular weight excluding hydrogens is 776 g/mol. The number of imide groups is 3. The minimum absolute atomic E-state index is 0.150.